The van der Waals surface area contributed by atoms with Crippen molar-refractivity contribution in [2.45, 2.75) is 38.4 Å². The van der Waals surface area contributed by atoms with Crippen molar-refractivity contribution in [1.82, 2.24) is 10.2 Å². The monoisotopic (exact) mass is 312 g/mol. The zero-order valence-corrected chi connectivity index (χ0v) is 13.1. The lowest BCUT2D eigenvalue weighted by Gasteiger charge is -2.25. The van der Waals surface area contributed by atoms with Crippen molar-refractivity contribution in [2.75, 3.05) is 0 Å². The van der Waals surface area contributed by atoms with Crippen molar-refractivity contribution >= 4 is 11.8 Å². The molecule has 3 rings (SSSR count). The highest BCUT2D eigenvalue weighted by Crippen LogP contribution is 2.23. The van der Waals surface area contributed by atoms with Crippen LogP contribution in [-0.4, -0.2) is 22.8 Å². The minimum Gasteiger partial charge on any atom is -0.467 e. The van der Waals surface area contributed by atoms with E-state index in [1.54, 1.807) is 17.2 Å². The Balaban J connectivity index is 1.67. The van der Waals surface area contributed by atoms with Gasteiger partial charge >= 0.3 is 0 Å². The van der Waals surface area contributed by atoms with Gasteiger partial charge in [0.25, 0.3) is 0 Å². The van der Waals surface area contributed by atoms with E-state index in [-0.39, 0.29) is 17.9 Å². The number of furan rings is 1. The van der Waals surface area contributed by atoms with Crippen molar-refractivity contribution in [3.8, 4) is 0 Å². The Kier molecular flexibility index (Phi) is 4.46. The zero-order chi connectivity index (χ0) is 16.2. The first-order valence-corrected chi connectivity index (χ1v) is 7.82. The predicted molar refractivity (Wildman–Crippen MR) is 85.3 cm³/mol. The molecule has 1 saturated heterocycles. The van der Waals surface area contributed by atoms with Crippen LogP contribution in [0, 0.1) is 0 Å². The first-order chi connectivity index (χ1) is 11.1. The molecule has 1 fully saturated rings. The van der Waals surface area contributed by atoms with Crippen LogP contribution in [0.15, 0.2) is 53.1 Å². The summed E-state index contributed by atoms with van der Waals surface area (Å²) in [5.74, 6) is 0.571. The molecular weight excluding hydrogens is 292 g/mol. The smallest absolute Gasteiger partial charge is 0.243 e. The van der Waals surface area contributed by atoms with Crippen LogP contribution in [0.4, 0.5) is 0 Å². The summed E-state index contributed by atoms with van der Waals surface area (Å²) in [7, 11) is 0. The topological polar surface area (TPSA) is 62.6 Å². The van der Waals surface area contributed by atoms with E-state index in [0.717, 1.165) is 5.56 Å². The highest BCUT2D eigenvalue weighted by molar-refractivity contribution is 5.91. The number of benzene rings is 1. The van der Waals surface area contributed by atoms with E-state index >= 15 is 0 Å². The Morgan fingerprint density at radius 3 is 2.78 bits per heavy atom. The fourth-order valence-corrected chi connectivity index (χ4v) is 2.91. The van der Waals surface area contributed by atoms with Gasteiger partial charge in [-0.3, -0.25) is 9.59 Å². The van der Waals surface area contributed by atoms with Crippen LogP contribution < -0.4 is 5.32 Å². The summed E-state index contributed by atoms with van der Waals surface area (Å²) in [6.45, 7) is 2.28. The molecule has 2 heterocycles. The van der Waals surface area contributed by atoms with Gasteiger partial charge in [0.1, 0.15) is 11.8 Å². The van der Waals surface area contributed by atoms with Gasteiger partial charge in [0, 0.05) is 6.42 Å². The average Bonchev–Trinajstić information content (AvgIpc) is 3.19. The average molecular weight is 312 g/mol. The van der Waals surface area contributed by atoms with E-state index in [4.69, 9.17) is 4.42 Å². The van der Waals surface area contributed by atoms with Crippen molar-refractivity contribution in [2.24, 2.45) is 0 Å². The Labute approximate surface area is 135 Å². The molecular formula is C18H20N2O3. The molecule has 0 spiro atoms. The molecule has 23 heavy (non-hydrogen) atoms. The van der Waals surface area contributed by atoms with Crippen molar-refractivity contribution in [1.29, 1.82) is 0 Å². The number of rotatable bonds is 5. The first kappa shape index (κ1) is 15.3. The third kappa shape index (κ3) is 3.44. The molecule has 5 heteroatoms. The second kappa shape index (κ2) is 6.69. The van der Waals surface area contributed by atoms with Crippen LogP contribution in [-0.2, 0) is 16.1 Å². The third-order valence-corrected chi connectivity index (χ3v) is 4.20. The molecule has 2 atom stereocenters. The van der Waals surface area contributed by atoms with Crippen molar-refractivity contribution in [3.63, 3.8) is 0 Å². The summed E-state index contributed by atoms with van der Waals surface area (Å²) in [4.78, 5) is 26.3. The Bertz CT molecular complexity index is 667. The summed E-state index contributed by atoms with van der Waals surface area (Å²) in [5, 5.41) is 3.00. The number of carbonyl (C=O) groups is 2. The van der Waals surface area contributed by atoms with E-state index in [1.807, 2.05) is 43.3 Å². The molecule has 0 bridgehead atoms. The minimum atomic E-state index is -0.432. The lowest BCUT2D eigenvalue weighted by atomic mass is 10.1. The second-order valence-corrected chi connectivity index (χ2v) is 5.80. The normalized spacial score (nSPS) is 18.9. The summed E-state index contributed by atoms with van der Waals surface area (Å²) < 4.78 is 5.30. The summed E-state index contributed by atoms with van der Waals surface area (Å²) in [6, 6.07) is 12.9. The Morgan fingerprint density at radius 1 is 1.30 bits per heavy atom. The quantitative estimate of drug-likeness (QED) is 0.923. The molecule has 0 saturated carbocycles. The lowest BCUT2D eigenvalue weighted by molar-refractivity contribution is -0.136. The number of nitrogens with zero attached hydrogens (tertiary/aromatic N) is 1. The van der Waals surface area contributed by atoms with Gasteiger partial charge in [-0.05, 0) is 31.0 Å². The maximum Gasteiger partial charge on any atom is 0.243 e. The number of nitrogens with one attached hydrogen (secondary N) is 1. The molecule has 2 amide bonds. The highest BCUT2D eigenvalue weighted by atomic mass is 16.3. The van der Waals surface area contributed by atoms with E-state index in [1.165, 1.54) is 0 Å². The minimum absolute atomic E-state index is 0.00564. The maximum absolute atomic E-state index is 12.6. The van der Waals surface area contributed by atoms with Gasteiger partial charge in [-0.2, -0.15) is 0 Å². The van der Waals surface area contributed by atoms with Gasteiger partial charge in [-0.15, -0.1) is 0 Å². The standard InChI is InChI=1S/C18H20N2O3/c1-13(14-6-3-2-4-7-14)19-18(22)16-9-10-17(21)20(16)12-15-8-5-11-23-15/h2-8,11,13,16H,9-10,12H2,1H3,(H,19,22)/t13-,16-/m0/s1. The molecule has 5 nitrogen and oxygen atoms in total. The van der Waals surface area contributed by atoms with Gasteiger partial charge < -0.3 is 14.6 Å². The molecule has 1 aliphatic rings. The van der Waals surface area contributed by atoms with Crippen LogP contribution >= 0.6 is 0 Å². The number of hydrogen-bond acceptors (Lipinski definition) is 3. The molecule has 1 aromatic carbocycles. The van der Waals surface area contributed by atoms with Crippen LogP contribution in [0.2, 0.25) is 0 Å². The predicted octanol–water partition coefficient (Wildman–Crippen LogP) is 2.65. The molecule has 1 aromatic heterocycles. The summed E-state index contributed by atoms with van der Waals surface area (Å²) >= 11 is 0. The SMILES string of the molecule is C[C@H](NC(=O)[C@@H]1CCC(=O)N1Cc1ccco1)c1ccccc1. The molecule has 0 aliphatic carbocycles. The van der Waals surface area contributed by atoms with Crippen molar-refractivity contribution in [3.05, 3.63) is 60.1 Å². The molecule has 120 valence electrons. The van der Waals surface area contributed by atoms with Crippen LogP contribution in [0.5, 0.6) is 0 Å². The van der Waals surface area contributed by atoms with E-state index < -0.39 is 6.04 Å². The van der Waals surface area contributed by atoms with Crippen LogP contribution in [0.3, 0.4) is 0 Å². The molecule has 1 aliphatic heterocycles. The van der Waals surface area contributed by atoms with E-state index in [0.29, 0.717) is 25.1 Å². The van der Waals surface area contributed by atoms with Gasteiger partial charge in [0.15, 0.2) is 0 Å². The van der Waals surface area contributed by atoms with Crippen LogP contribution in [0.25, 0.3) is 0 Å². The van der Waals surface area contributed by atoms with Crippen LogP contribution in [0.1, 0.15) is 37.1 Å². The number of likely N-dealkylation sites (tertiary alicyclic amines) is 1. The molecule has 2 aromatic rings. The maximum atomic E-state index is 12.6. The lowest BCUT2D eigenvalue weighted by Crippen LogP contribution is -2.44. The second-order valence-electron chi connectivity index (χ2n) is 5.80. The Hall–Kier alpha value is -2.56. The van der Waals surface area contributed by atoms with E-state index in [9.17, 15) is 9.59 Å². The van der Waals surface area contributed by atoms with Gasteiger partial charge in [0.05, 0.1) is 18.8 Å². The van der Waals surface area contributed by atoms with Gasteiger partial charge in [-0.1, -0.05) is 30.3 Å². The largest absolute Gasteiger partial charge is 0.467 e. The van der Waals surface area contributed by atoms with Gasteiger partial charge in [-0.25, -0.2) is 0 Å². The number of hydrogen-bond donors (Lipinski definition) is 1. The first-order valence-electron chi connectivity index (χ1n) is 7.82. The fraction of sp³-hybridized carbons (Fsp3) is 0.333. The third-order valence-electron chi connectivity index (χ3n) is 4.20. The molecule has 0 unspecified atom stereocenters. The summed E-state index contributed by atoms with van der Waals surface area (Å²) in [5.41, 5.74) is 1.04. The van der Waals surface area contributed by atoms with E-state index in [2.05, 4.69) is 5.32 Å². The van der Waals surface area contributed by atoms with Crippen molar-refractivity contribution < 1.29 is 14.0 Å². The fourth-order valence-electron chi connectivity index (χ4n) is 2.91. The molecule has 0 radical (unpaired) electrons. The number of amides is 2. The zero-order valence-electron chi connectivity index (χ0n) is 13.1. The molecule has 1 N–H and O–H groups in total. The highest BCUT2D eigenvalue weighted by Gasteiger charge is 2.36. The Morgan fingerprint density at radius 2 is 2.09 bits per heavy atom. The van der Waals surface area contributed by atoms with Gasteiger partial charge in [0.2, 0.25) is 11.8 Å². The summed E-state index contributed by atoms with van der Waals surface area (Å²) in [6.07, 6.45) is 2.52. The number of carbonyl (C=O) groups excluding carboxylic acids is 2.